The van der Waals surface area contributed by atoms with Gasteiger partial charge in [0, 0.05) is 17.2 Å². The summed E-state index contributed by atoms with van der Waals surface area (Å²) in [6.07, 6.45) is -0.582. The van der Waals surface area contributed by atoms with E-state index in [0.717, 1.165) is 43.3 Å². The summed E-state index contributed by atoms with van der Waals surface area (Å²) < 4.78 is 41.7. The van der Waals surface area contributed by atoms with Crippen molar-refractivity contribution in [3.63, 3.8) is 0 Å². The lowest BCUT2D eigenvalue weighted by Crippen LogP contribution is -2.11. The molecule has 0 spiro atoms. The number of imidazole rings is 1. The van der Waals surface area contributed by atoms with Crippen LogP contribution in [0.3, 0.4) is 0 Å². The summed E-state index contributed by atoms with van der Waals surface area (Å²) in [5.41, 5.74) is 6.35. The van der Waals surface area contributed by atoms with Crippen LogP contribution in [0, 0.1) is 0 Å². The highest BCUT2D eigenvalue weighted by molar-refractivity contribution is 6.33. The third-order valence-corrected chi connectivity index (χ3v) is 5.53. The van der Waals surface area contributed by atoms with Gasteiger partial charge >= 0.3 is 6.18 Å². The Hall–Kier alpha value is -2.54. The average Bonchev–Trinajstić information content (AvgIpc) is 3.27. The summed E-state index contributed by atoms with van der Waals surface area (Å²) in [5, 5.41) is 0.192. The average molecular weight is 408 g/mol. The zero-order valence-corrected chi connectivity index (χ0v) is 15.5. The first-order valence-corrected chi connectivity index (χ1v) is 9.32. The standard InChI is InChI=1S/C20H17ClF3N3O/c21-15-7-6-12(20(22,23)24)10-14(15)19-26-16-9-11(18(25)28)5-8-17(16)27(19)13-3-1-2-4-13/h5-10,13H,1-4H2,(H2,25,28). The van der Waals surface area contributed by atoms with Crippen LogP contribution in [0.25, 0.3) is 22.4 Å². The number of carbonyl (C=O) groups excluding carboxylic acids is 1. The highest BCUT2D eigenvalue weighted by Crippen LogP contribution is 2.41. The number of alkyl halides is 3. The topological polar surface area (TPSA) is 60.9 Å². The number of aromatic nitrogens is 2. The first kappa shape index (κ1) is 18.8. The predicted octanol–water partition coefficient (Wildman–Crippen LogP) is 5.59. The number of carbonyl (C=O) groups is 1. The van der Waals surface area contributed by atoms with Crippen LogP contribution in [0.4, 0.5) is 13.2 Å². The minimum atomic E-state index is -4.48. The molecule has 1 saturated carbocycles. The Bertz CT molecular complexity index is 1070. The van der Waals surface area contributed by atoms with Crippen LogP contribution in [0.1, 0.15) is 47.6 Å². The molecule has 2 N–H and O–H groups in total. The van der Waals surface area contributed by atoms with Crippen LogP contribution in [-0.2, 0) is 6.18 Å². The second-order valence-electron chi connectivity index (χ2n) is 7.00. The molecule has 28 heavy (non-hydrogen) atoms. The van der Waals surface area contributed by atoms with E-state index in [1.165, 1.54) is 6.07 Å². The molecule has 146 valence electrons. The SMILES string of the molecule is NC(=O)c1ccc2c(c1)nc(-c1cc(C(F)(F)F)ccc1Cl)n2C1CCCC1. The summed E-state index contributed by atoms with van der Waals surface area (Å²) in [5.74, 6) is -0.212. The molecule has 0 bridgehead atoms. The zero-order chi connectivity index (χ0) is 20.1. The molecular formula is C20H17ClF3N3O. The van der Waals surface area contributed by atoms with Crippen molar-refractivity contribution >= 4 is 28.5 Å². The second kappa shape index (κ2) is 6.81. The highest BCUT2D eigenvalue weighted by Gasteiger charge is 2.32. The van der Waals surface area contributed by atoms with E-state index < -0.39 is 17.6 Å². The summed E-state index contributed by atoms with van der Waals surface area (Å²) in [4.78, 5) is 16.1. The fraction of sp³-hybridized carbons (Fsp3) is 0.300. The first-order chi connectivity index (χ1) is 13.3. The van der Waals surface area contributed by atoms with E-state index in [4.69, 9.17) is 17.3 Å². The zero-order valence-electron chi connectivity index (χ0n) is 14.8. The summed E-state index contributed by atoms with van der Waals surface area (Å²) >= 11 is 6.27. The Morgan fingerprint density at radius 3 is 2.50 bits per heavy atom. The van der Waals surface area contributed by atoms with Gasteiger partial charge in [-0.15, -0.1) is 0 Å². The smallest absolute Gasteiger partial charge is 0.366 e. The molecule has 2 aromatic carbocycles. The number of primary amides is 1. The number of hydrogen-bond acceptors (Lipinski definition) is 2. The van der Waals surface area contributed by atoms with Gasteiger partial charge in [-0.1, -0.05) is 24.4 Å². The van der Waals surface area contributed by atoms with Crippen LogP contribution in [0.2, 0.25) is 5.02 Å². The fourth-order valence-corrected chi connectivity index (χ4v) is 4.05. The number of hydrogen-bond donors (Lipinski definition) is 1. The molecule has 3 aromatic rings. The quantitative estimate of drug-likeness (QED) is 0.615. The molecule has 0 unspecified atom stereocenters. The van der Waals surface area contributed by atoms with Crippen LogP contribution in [0.5, 0.6) is 0 Å². The van der Waals surface area contributed by atoms with E-state index in [-0.39, 0.29) is 16.6 Å². The number of nitrogens with two attached hydrogens (primary N) is 1. The molecule has 1 aliphatic rings. The van der Waals surface area contributed by atoms with Gasteiger partial charge in [0.05, 0.1) is 21.6 Å². The molecule has 0 atom stereocenters. The van der Waals surface area contributed by atoms with Gasteiger partial charge in [-0.25, -0.2) is 4.98 Å². The molecule has 0 saturated heterocycles. The van der Waals surface area contributed by atoms with Crippen molar-refractivity contribution in [1.29, 1.82) is 0 Å². The fourth-order valence-electron chi connectivity index (χ4n) is 3.85. The molecule has 0 radical (unpaired) electrons. The second-order valence-corrected chi connectivity index (χ2v) is 7.41. The number of benzene rings is 2. The molecule has 1 aromatic heterocycles. The maximum atomic E-state index is 13.2. The summed E-state index contributed by atoms with van der Waals surface area (Å²) in [6, 6.07) is 8.26. The number of rotatable bonds is 3. The van der Waals surface area contributed by atoms with Crippen LogP contribution < -0.4 is 5.73 Å². The lowest BCUT2D eigenvalue weighted by Gasteiger charge is -2.18. The number of amides is 1. The Balaban J connectivity index is 1.98. The van der Waals surface area contributed by atoms with E-state index in [1.807, 2.05) is 4.57 Å². The van der Waals surface area contributed by atoms with E-state index in [9.17, 15) is 18.0 Å². The largest absolute Gasteiger partial charge is 0.416 e. The van der Waals surface area contributed by atoms with Crippen molar-refractivity contribution in [2.24, 2.45) is 5.73 Å². The molecule has 1 heterocycles. The normalized spacial score (nSPS) is 15.4. The van der Waals surface area contributed by atoms with Crippen molar-refractivity contribution in [1.82, 2.24) is 9.55 Å². The Kier molecular flexibility index (Phi) is 4.57. The third-order valence-electron chi connectivity index (χ3n) is 5.20. The van der Waals surface area contributed by atoms with Gasteiger partial charge in [-0.2, -0.15) is 13.2 Å². The maximum absolute atomic E-state index is 13.2. The number of fused-ring (bicyclic) bond motifs is 1. The highest BCUT2D eigenvalue weighted by atomic mass is 35.5. The molecule has 8 heteroatoms. The monoisotopic (exact) mass is 407 g/mol. The predicted molar refractivity (Wildman–Crippen MR) is 101 cm³/mol. The third kappa shape index (κ3) is 3.24. The van der Waals surface area contributed by atoms with Crippen molar-refractivity contribution in [3.8, 4) is 11.4 Å². The first-order valence-electron chi connectivity index (χ1n) is 8.94. The Morgan fingerprint density at radius 1 is 1.14 bits per heavy atom. The molecular weight excluding hydrogens is 391 g/mol. The van der Waals surface area contributed by atoms with Gasteiger partial charge < -0.3 is 10.3 Å². The molecule has 1 fully saturated rings. The van der Waals surface area contributed by atoms with Gasteiger partial charge in [-0.3, -0.25) is 4.79 Å². The van der Waals surface area contributed by atoms with Crippen molar-refractivity contribution in [2.45, 2.75) is 37.9 Å². The van der Waals surface area contributed by atoms with E-state index in [0.29, 0.717) is 16.9 Å². The van der Waals surface area contributed by atoms with Gasteiger partial charge in [0.2, 0.25) is 5.91 Å². The lowest BCUT2D eigenvalue weighted by molar-refractivity contribution is -0.137. The summed E-state index contributed by atoms with van der Waals surface area (Å²) in [7, 11) is 0. The van der Waals surface area contributed by atoms with Crippen LogP contribution in [0.15, 0.2) is 36.4 Å². The van der Waals surface area contributed by atoms with Crippen LogP contribution >= 0.6 is 11.6 Å². The van der Waals surface area contributed by atoms with Gasteiger partial charge in [0.15, 0.2) is 0 Å². The van der Waals surface area contributed by atoms with Gasteiger partial charge in [-0.05, 0) is 49.2 Å². The molecule has 1 aliphatic carbocycles. The van der Waals surface area contributed by atoms with E-state index in [2.05, 4.69) is 4.98 Å². The van der Waals surface area contributed by atoms with Gasteiger partial charge in [0.1, 0.15) is 5.82 Å². The van der Waals surface area contributed by atoms with Gasteiger partial charge in [0.25, 0.3) is 0 Å². The number of halogens is 4. The molecule has 1 amide bonds. The van der Waals surface area contributed by atoms with Crippen molar-refractivity contribution in [2.75, 3.05) is 0 Å². The summed E-state index contributed by atoms with van der Waals surface area (Å²) in [6.45, 7) is 0. The van der Waals surface area contributed by atoms with E-state index in [1.54, 1.807) is 18.2 Å². The van der Waals surface area contributed by atoms with Crippen LogP contribution in [-0.4, -0.2) is 15.5 Å². The Morgan fingerprint density at radius 2 is 1.86 bits per heavy atom. The molecule has 4 nitrogen and oxygen atoms in total. The van der Waals surface area contributed by atoms with Crippen molar-refractivity contribution in [3.05, 3.63) is 52.5 Å². The van der Waals surface area contributed by atoms with Crippen molar-refractivity contribution < 1.29 is 18.0 Å². The lowest BCUT2D eigenvalue weighted by atomic mass is 10.1. The Labute approximate surface area is 164 Å². The minimum absolute atomic E-state index is 0.116. The maximum Gasteiger partial charge on any atom is 0.416 e. The number of nitrogens with zero attached hydrogens (tertiary/aromatic N) is 2. The molecule has 4 rings (SSSR count). The minimum Gasteiger partial charge on any atom is -0.366 e. The molecule has 0 aliphatic heterocycles. The van der Waals surface area contributed by atoms with E-state index >= 15 is 0 Å².